The Bertz CT molecular complexity index is 1300. The lowest BCUT2D eigenvalue weighted by molar-refractivity contribution is 0.598. The van der Waals surface area contributed by atoms with E-state index in [0.717, 1.165) is 5.56 Å². The van der Waals surface area contributed by atoms with E-state index >= 15 is 0 Å². The van der Waals surface area contributed by atoms with Crippen molar-refractivity contribution in [2.24, 2.45) is 10.2 Å². The van der Waals surface area contributed by atoms with Crippen LogP contribution in [0.5, 0.6) is 0 Å². The zero-order valence-electron chi connectivity index (χ0n) is 14.8. The van der Waals surface area contributed by atoms with Gasteiger partial charge in [0.2, 0.25) is 10.0 Å². The highest BCUT2D eigenvalue weighted by Crippen LogP contribution is 2.22. The molecule has 0 bridgehead atoms. The molecule has 146 valence electrons. The summed E-state index contributed by atoms with van der Waals surface area (Å²) < 4.78 is 24.4. The summed E-state index contributed by atoms with van der Waals surface area (Å²) in [6.07, 6.45) is 4.63. The summed E-state index contributed by atoms with van der Waals surface area (Å²) in [4.78, 5) is 8.48. The fraction of sp³-hybridized carbons (Fsp3) is 0. The highest BCUT2D eigenvalue weighted by molar-refractivity contribution is 7.89. The maximum absolute atomic E-state index is 11.4. The lowest BCUT2D eigenvalue weighted by Gasteiger charge is -2.05. The minimum atomic E-state index is -3.76. The molecule has 0 spiro atoms. The average Bonchev–Trinajstić information content (AvgIpc) is 3.14. The van der Waals surface area contributed by atoms with Crippen molar-refractivity contribution in [2.45, 2.75) is 4.90 Å². The first-order chi connectivity index (χ1) is 13.9. The van der Waals surface area contributed by atoms with Crippen molar-refractivity contribution >= 4 is 44.7 Å². The maximum Gasteiger partial charge on any atom is 0.238 e. The second-order valence-electron chi connectivity index (χ2n) is 5.98. The molecule has 4 aromatic rings. The van der Waals surface area contributed by atoms with Crippen molar-refractivity contribution in [2.75, 3.05) is 5.43 Å². The largest absolute Gasteiger partial charge is 0.261 e. The summed E-state index contributed by atoms with van der Waals surface area (Å²) >= 11 is 5.87. The summed E-state index contributed by atoms with van der Waals surface area (Å²) in [7, 11) is -3.76. The third kappa shape index (κ3) is 4.09. The number of benzene rings is 2. The third-order valence-corrected chi connectivity index (χ3v) is 5.21. The van der Waals surface area contributed by atoms with Gasteiger partial charge in [-0.2, -0.15) is 10.2 Å². The molecule has 3 N–H and O–H groups in total. The number of hydrogen-bond acceptors (Lipinski definition) is 7. The zero-order valence-corrected chi connectivity index (χ0v) is 16.3. The number of fused-ring (bicyclic) bond motifs is 1. The summed E-state index contributed by atoms with van der Waals surface area (Å²) in [6, 6.07) is 13.2. The lowest BCUT2D eigenvalue weighted by Crippen LogP contribution is -2.12. The van der Waals surface area contributed by atoms with E-state index in [-0.39, 0.29) is 4.90 Å². The Balaban J connectivity index is 1.62. The number of rotatable bonds is 5. The number of nitrogens with two attached hydrogens (primary N) is 1. The molecule has 2 aromatic carbocycles. The van der Waals surface area contributed by atoms with Crippen LogP contribution in [-0.2, 0) is 10.0 Å². The van der Waals surface area contributed by atoms with Crippen molar-refractivity contribution in [1.29, 1.82) is 0 Å². The van der Waals surface area contributed by atoms with Gasteiger partial charge in [0.1, 0.15) is 6.33 Å². The number of hydrogen-bond donors (Lipinski definition) is 2. The van der Waals surface area contributed by atoms with E-state index in [1.807, 2.05) is 12.1 Å². The van der Waals surface area contributed by atoms with Crippen LogP contribution in [0, 0.1) is 0 Å². The molecule has 11 heteroatoms. The van der Waals surface area contributed by atoms with E-state index in [2.05, 4.69) is 25.6 Å². The van der Waals surface area contributed by atoms with Crippen molar-refractivity contribution in [3.8, 4) is 5.69 Å². The average molecular weight is 428 g/mol. The van der Waals surface area contributed by atoms with Crippen molar-refractivity contribution < 1.29 is 8.42 Å². The van der Waals surface area contributed by atoms with E-state index in [9.17, 15) is 8.42 Å². The van der Waals surface area contributed by atoms with Crippen LogP contribution in [0.15, 0.2) is 71.1 Å². The molecular weight excluding hydrogens is 414 g/mol. The predicted octanol–water partition coefficient (Wildman–Crippen LogP) is 2.56. The number of nitrogens with zero attached hydrogens (tertiary/aromatic N) is 5. The van der Waals surface area contributed by atoms with Crippen LogP contribution in [0.25, 0.3) is 16.7 Å². The van der Waals surface area contributed by atoms with E-state index < -0.39 is 10.0 Å². The lowest BCUT2D eigenvalue weighted by atomic mass is 10.2. The Morgan fingerprint density at radius 1 is 1.07 bits per heavy atom. The zero-order chi connectivity index (χ0) is 20.4. The highest BCUT2D eigenvalue weighted by atomic mass is 35.5. The molecule has 9 nitrogen and oxygen atoms in total. The number of primary sulfonamides is 1. The molecule has 0 saturated heterocycles. The van der Waals surface area contributed by atoms with Gasteiger partial charge < -0.3 is 0 Å². The van der Waals surface area contributed by atoms with Crippen LogP contribution >= 0.6 is 11.6 Å². The fourth-order valence-corrected chi connectivity index (χ4v) is 3.26. The number of halogens is 1. The number of aromatic nitrogens is 4. The van der Waals surface area contributed by atoms with Gasteiger partial charge in [-0.05, 0) is 42.0 Å². The Morgan fingerprint density at radius 2 is 1.79 bits per heavy atom. The number of sulfonamides is 1. The van der Waals surface area contributed by atoms with Gasteiger partial charge >= 0.3 is 0 Å². The molecule has 2 aromatic heterocycles. The Morgan fingerprint density at radius 3 is 2.48 bits per heavy atom. The van der Waals surface area contributed by atoms with Crippen LogP contribution in [0.1, 0.15) is 5.56 Å². The second-order valence-corrected chi connectivity index (χ2v) is 7.97. The molecule has 0 fully saturated rings. The molecule has 0 atom stereocenters. The van der Waals surface area contributed by atoms with Crippen LogP contribution in [0.3, 0.4) is 0 Å². The van der Waals surface area contributed by atoms with Crippen molar-refractivity contribution in [3.05, 3.63) is 71.6 Å². The second kappa shape index (κ2) is 7.59. The molecule has 0 amide bonds. The molecule has 0 radical (unpaired) electrons. The summed E-state index contributed by atoms with van der Waals surface area (Å²) in [5, 5.41) is 14.9. The first-order valence-corrected chi connectivity index (χ1v) is 10.2. The van der Waals surface area contributed by atoms with Crippen LogP contribution in [0.2, 0.25) is 5.02 Å². The monoisotopic (exact) mass is 427 g/mol. The molecule has 2 heterocycles. The van der Waals surface area contributed by atoms with E-state index in [0.29, 0.717) is 27.6 Å². The fourth-order valence-electron chi connectivity index (χ4n) is 2.62. The molecule has 0 saturated carbocycles. The highest BCUT2D eigenvalue weighted by Gasteiger charge is 2.12. The van der Waals surface area contributed by atoms with Crippen molar-refractivity contribution in [1.82, 2.24) is 19.7 Å². The Hall–Kier alpha value is -3.34. The van der Waals surface area contributed by atoms with Crippen LogP contribution in [0.4, 0.5) is 5.82 Å². The van der Waals surface area contributed by atoms with Gasteiger partial charge in [-0.3, -0.25) is 5.43 Å². The molecule has 0 unspecified atom stereocenters. The SMILES string of the molecule is NS(=O)(=O)c1ccc(-n2ncc3c(N/N=C/c4ccc(Cl)cc4)ncnc32)cc1. The van der Waals surface area contributed by atoms with Gasteiger partial charge in [0.15, 0.2) is 11.5 Å². The molecule has 4 rings (SSSR count). The normalized spacial score (nSPS) is 11.9. The molecule has 29 heavy (non-hydrogen) atoms. The van der Waals surface area contributed by atoms with Crippen LogP contribution in [-0.4, -0.2) is 34.4 Å². The van der Waals surface area contributed by atoms with E-state index in [4.69, 9.17) is 16.7 Å². The van der Waals surface area contributed by atoms with Gasteiger partial charge in [-0.25, -0.2) is 28.2 Å². The number of anilines is 1. The van der Waals surface area contributed by atoms with Gasteiger partial charge in [0.25, 0.3) is 0 Å². The van der Waals surface area contributed by atoms with Gasteiger partial charge in [-0.15, -0.1) is 0 Å². The molecular formula is C18H14ClN7O2S. The molecule has 0 aliphatic rings. The first kappa shape index (κ1) is 19.0. The Kier molecular flexibility index (Phi) is 4.97. The standard InChI is InChI=1S/C18H14ClN7O2S/c19-13-3-1-12(2-4-13)9-23-25-17-16-10-24-26(18(16)22-11-21-17)14-5-7-15(8-6-14)29(20,27)28/h1-11H,(H2,20,27,28)(H,21,22,25)/b23-9+. The minimum Gasteiger partial charge on any atom is -0.261 e. The quantitative estimate of drug-likeness (QED) is 0.372. The topological polar surface area (TPSA) is 128 Å². The van der Waals surface area contributed by atoms with Crippen molar-refractivity contribution in [3.63, 3.8) is 0 Å². The predicted molar refractivity (Wildman–Crippen MR) is 111 cm³/mol. The first-order valence-electron chi connectivity index (χ1n) is 8.28. The van der Waals surface area contributed by atoms with Gasteiger partial charge in [-0.1, -0.05) is 23.7 Å². The summed E-state index contributed by atoms with van der Waals surface area (Å²) in [5.74, 6) is 0.479. The van der Waals surface area contributed by atoms with E-state index in [1.165, 1.54) is 18.5 Å². The van der Waals surface area contributed by atoms with E-state index in [1.54, 1.807) is 41.4 Å². The maximum atomic E-state index is 11.4. The third-order valence-electron chi connectivity index (χ3n) is 4.03. The number of nitrogens with one attached hydrogen (secondary N) is 1. The Labute approximate surface area is 170 Å². The summed E-state index contributed by atoms with van der Waals surface area (Å²) in [6.45, 7) is 0. The number of hydrazone groups is 1. The summed E-state index contributed by atoms with van der Waals surface area (Å²) in [5.41, 5.74) is 4.92. The van der Waals surface area contributed by atoms with Crippen LogP contribution < -0.4 is 10.6 Å². The molecule has 0 aliphatic carbocycles. The molecule has 0 aliphatic heterocycles. The smallest absolute Gasteiger partial charge is 0.238 e. The van der Waals surface area contributed by atoms with Gasteiger partial charge in [0.05, 0.1) is 28.4 Å². The van der Waals surface area contributed by atoms with Gasteiger partial charge in [0, 0.05) is 5.02 Å². The minimum absolute atomic E-state index is 0.0197.